The van der Waals surface area contributed by atoms with Crippen LogP contribution in [0.4, 0.5) is 0 Å². The van der Waals surface area contributed by atoms with Crippen LogP contribution in [0.1, 0.15) is 32.6 Å². The van der Waals surface area contributed by atoms with Gasteiger partial charge in [0.2, 0.25) is 0 Å². The van der Waals surface area contributed by atoms with Gasteiger partial charge in [-0.3, -0.25) is 0 Å². The molecule has 9 heteroatoms. The first-order chi connectivity index (χ1) is 7.14. The van der Waals surface area contributed by atoms with Gasteiger partial charge in [0.05, 0.1) is 0 Å². The third-order valence-corrected chi connectivity index (χ3v) is 3.35. The van der Waals surface area contributed by atoms with Crippen molar-refractivity contribution in [2.24, 2.45) is 0 Å². The minimum absolute atomic E-state index is 0.0525. The maximum atomic E-state index is 11.1. The monoisotopic (exact) mass is 262 g/mol. The van der Waals surface area contributed by atoms with Crippen molar-refractivity contribution in [1.29, 1.82) is 0 Å². The summed E-state index contributed by atoms with van der Waals surface area (Å²) in [5.41, 5.74) is 0. The van der Waals surface area contributed by atoms with E-state index < -0.39 is 24.1 Å². The normalized spacial score (nSPS) is 11.5. The second kappa shape index (κ2) is 8.14. The van der Waals surface area contributed by atoms with Gasteiger partial charge in [-0.1, -0.05) is 0 Å². The van der Waals surface area contributed by atoms with Gasteiger partial charge >= 0.3 is 91.0 Å². The Labute approximate surface area is 91.4 Å². The molecule has 0 atom stereocenters. The van der Waals surface area contributed by atoms with Gasteiger partial charge in [0.15, 0.2) is 0 Å². The number of carbonyl (C=O) groups is 1. The molecule has 0 fully saturated rings. The summed E-state index contributed by atoms with van der Waals surface area (Å²) in [5.74, 6) is -0.791. The molecule has 8 nitrogen and oxygen atoms in total. The number of unbranched alkanes of at least 4 members (excludes halogenated alkanes) is 2. The first-order valence-corrected chi connectivity index (χ1v) is 6.88. The Morgan fingerprint density at radius 2 is 1.67 bits per heavy atom. The van der Waals surface area contributed by atoms with E-state index in [0.717, 1.165) is 12.8 Å². The van der Waals surface area contributed by atoms with Crippen molar-refractivity contribution in [3.8, 4) is 0 Å². The molecule has 0 aromatic carbocycles. The molecule has 0 radical (unpaired) electrons. The van der Waals surface area contributed by atoms with Gasteiger partial charge in [0, 0.05) is 0 Å². The zero-order valence-electron chi connectivity index (χ0n) is 8.21. The van der Waals surface area contributed by atoms with E-state index >= 15 is 0 Å². The summed E-state index contributed by atoms with van der Waals surface area (Å²) in [6, 6.07) is 0. The topological polar surface area (TPSA) is 115 Å². The van der Waals surface area contributed by atoms with E-state index in [-0.39, 0.29) is 6.42 Å². The number of rotatable bonds is 8. The van der Waals surface area contributed by atoms with Crippen molar-refractivity contribution in [3.63, 3.8) is 0 Å². The van der Waals surface area contributed by atoms with E-state index in [1.807, 2.05) is 6.92 Å². The van der Waals surface area contributed by atoms with Crippen molar-refractivity contribution in [3.05, 3.63) is 0 Å². The van der Waals surface area contributed by atoms with Crippen LogP contribution < -0.4 is 0 Å². The summed E-state index contributed by atoms with van der Waals surface area (Å²) in [4.78, 5) is 11.1. The summed E-state index contributed by atoms with van der Waals surface area (Å²) >= 11 is -5.04. The molecule has 0 aliphatic rings. The van der Waals surface area contributed by atoms with E-state index in [2.05, 4.69) is 13.7 Å². The maximum absolute atomic E-state index is 11.1. The second-order valence-corrected chi connectivity index (χ2v) is 5.44. The Bertz CT molecular complexity index is 174. The molecule has 15 heavy (non-hydrogen) atoms. The van der Waals surface area contributed by atoms with Crippen LogP contribution in [0.2, 0.25) is 0 Å². The van der Waals surface area contributed by atoms with E-state index in [4.69, 9.17) is 15.8 Å². The van der Waals surface area contributed by atoms with Gasteiger partial charge in [0.1, 0.15) is 0 Å². The molecule has 90 valence electrons. The molecule has 0 amide bonds. The van der Waals surface area contributed by atoms with E-state index in [1.54, 1.807) is 0 Å². The summed E-state index contributed by atoms with van der Waals surface area (Å²) in [6.07, 6.45) is 2.38. The molecule has 0 aromatic heterocycles. The fourth-order valence-electron chi connectivity index (χ4n) is 0.816. The molecule has 0 aliphatic heterocycles. The van der Waals surface area contributed by atoms with Crippen LogP contribution in [0.25, 0.3) is 0 Å². The molecule has 0 saturated heterocycles. The van der Waals surface area contributed by atoms with Crippen molar-refractivity contribution in [2.45, 2.75) is 32.6 Å². The molecule has 0 unspecified atom stereocenters. The Kier molecular flexibility index (Phi) is 8.11. The van der Waals surface area contributed by atoms with Gasteiger partial charge in [-0.25, -0.2) is 0 Å². The quantitative estimate of drug-likeness (QED) is 0.260. The van der Waals surface area contributed by atoms with Crippen LogP contribution in [-0.2, 0) is 36.7 Å². The molecular formula is C6H14O8Ti. The molecule has 0 bridgehead atoms. The van der Waals surface area contributed by atoms with Gasteiger partial charge in [-0.05, 0) is 0 Å². The van der Waals surface area contributed by atoms with Gasteiger partial charge in [0.25, 0.3) is 0 Å². The second-order valence-electron chi connectivity index (χ2n) is 2.71. The Hall–Kier alpha value is -0.0557. The van der Waals surface area contributed by atoms with Crippen LogP contribution in [0.15, 0.2) is 0 Å². The SMILES string of the molecule is CCCCCC(=O)[O][Ti]([O]O)([O]O)[O]O. The van der Waals surface area contributed by atoms with Crippen molar-refractivity contribution >= 4 is 5.97 Å². The standard InChI is InChI=1S/C6H12O2.3H2O2.Ti/c1-2-3-4-5-6(7)8;3*1-2;/h2-5H2,1H3,(H,7,8);3*1-2H;/q;;;;+4/p-4. The van der Waals surface area contributed by atoms with E-state index in [0.29, 0.717) is 6.42 Å². The van der Waals surface area contributed by atoms with Crippen LogP contribution in [0.3, 0.4) is 0 Å². The Balaban J connectivity index is 4.00. The first-order valence-electron chi connectivity index (χ1n) is 4.33. The number of hydrogen-bond acceptors (Lipinski definition) is 8. The third-order valence-electron chi connectivity index (χ3n) is 1.56. The summed E-state index contributed by atoms with van der Waals surface area (Å²) in [5, 5.41) is 24.7. The first kappa shape index (κ1) is 14.9. The molecule has 0 aromatic rings. The zero-order chi connectivity index (χ0) is 11.7. The summed E-state index contributed by atoms with van der Waals surface area (Å²) < 4.78 is 14.9. The van der Waals surface area contributed by atoms with Gasteiger partial charge < -0.3 is 0 Å². The van der Waals surface area contributed by atoms with Gasteiger partial charge in [-0.15, -0.1) is 0 Å². The number of hydrogen-bond donors (Lipinski definition) is 3. The van der Waals surface area contributed by atoms with Crippen LogP contribution >= 0.6 is 0 Å². The summed E-state index contributed by atoms with van der Waals surface area (Å²) in [6.45, 7) is 1.96. The number of carbonyl (C=O) groups excluding carboxylic acids is 1. The predicted molar refractivity (Wildman–Crippen MR) is 41.4 cm³/mol. The average Bonchev–Trinajstić information content (AvgIpc) is 2.26. The molecule has 0 rings (SSSR count). The van der Waals surface area contributed by atoms with Gasteiger partial charge in [-0.2, -0.15) is 0 Å². The molecule has 0 aliphatic carbocycles. The Morgan fingerprint density at radius 1 is 1.13 bits per heavy atom. The van der Waals surface area contributed by atoms with Crippen molar-refractivity contribution in [2.75, 3.05) is 0 Å². The van der Waals surface area contributed by atoms with Crippen LogP contribution in [0, 0.1) is 0 Å². The summed E-state index contributed by atoms with van der Waals surface area (Å²) in [7, 11) is 0. The Morgan fingerprint density at radius 3 is 2.07 bits per heavy atom. The molecule has 3 N–H and O–H groups in total. The van der Waals surface area contributed by atoms with E-state index in [9.17, 15) is 4.79 Å². The molecule has 0 spiro atoms. The fourth-order valence-corrected chi connectivity index (χ4v) is 1.74. The van der Waals surface area contributed by atoms with Crippen LogP contribution in [-0.4, -0.2) is 21.7 Å². The predicted octanol–water partition coefficient (Wildman–Crippen LogP) is 1.39. The van der Waals surface area contributed by atoms with Crippen LogP contribution in [0.5, 0.6) is 0 Å². The average molecular weight is 262 g/mol. The fraction of sp³-hybridized carbons (Fsp3) is 0.833. The molecular weight excluding hydrogens is 248 g/mol. The molecule has 0 saturated carbocycles. The van der Waals surface area contributed by atoms with Crippen molar-refractivity contribution < 1.29 is 52.4 Å². The third kappa shape index (κ3) is 5.54. The molecule has 0 heterocycles. The zero-order valence-corrected chi connectivity index (χ0v) is 9.77. The minimum atomic E-state index is -5.04. The van der Waals surface area contributed by atoms with Crippen molar-refractivity contribution in [1.82, 2.24) is 0 Å². The van der Waals surface area contributed by atoms with E-state index in [1.165, 1.54) is 0 Å².